The molecule has 24 heavy (non-hydrogen) atoms. The van der Waals surface area contributed by atoms with Crippen LogP contribution < -0.4 is 0 Å². The molecule has 3 amide bonds. The molecule has 1 fully saturated rings. The SMILES string of the molecule is CCN(C(=O)CN1C(=O)c2cccnc2C1=O)C1CCS(=O)(=O)C1. The van der Waals surface area contributed by atoms with Gasteiger partial charge in [-0.05, 0) is 25.5 Å². The molecular formula is C15H17N3O5S. The fourth-order valence-corrected chi connectivity index (χ4v) is 4.87. The van der Waals surface area contributed by atoms with E-state index >= 15 is 0 Å². The van der Waals surface area contributed by atoms with Gasteiger partial charge in [-0.15, -0.1) is 0 Å². The minimum absolute atomic E-state index is 0.0433. The first-order valence-electron chi connectivity index (χ1n) is 7.65. The third-order valence-corrected chi connectivity index (χ3v) is 6.08. The van der Waals surface area contributed by atoms with E-state index < -0.39 is 40.1 Å². The quantitative estimate of drug-likeness (QED) is 0.691. The third kappa shape index (κ3) is 2.79. The molecule has 3 rings (SSSR count). The van der Waals surface area contributed by atoms with Gasteiger partial charge in [0, 0.05) is 18.8 Å². The second-order valence-electron chi connectivity index (χ2n) is 5.83. The van der Waals surface area contributed by atoms with Gasteiger partial charge in [-0.3, -0.25) is 24.3 Å². The molecular weight excluding hydrogens is 334 g/mol. The van der Waals surface area contributed by atoms with Crippen molar-refractivity contribution in [2.24, 2.45) is 0 Å². The van der Waals surface area contributed by atoms with Crippen molar-refractivity contribution < 1.29 is 22.8 Å². The molecule has 0 spiro atoms. The third-order valence-electron chi connectivity index (χ3n) is 4.33. The number of imide groups is 1. The van der Waals surface area contributed by atoms with Crippen LogP contribution in [0, 0.1) is 0 Å². The van der Waals surface area contributed by atoms with Crippen molar-refractivity contribution >= 4 is 27.6 Å². The summed E-state index contributed by atoms with van der Waals surface area (Å²) < 4.78 is 23.2. The molecule has 1 atom stereocenters. The maximum atomic E-state index is 12.5. The van der Waals surface area contributed by atoms with E-state index in [2.05, 4.69) is 4.98 Å². The van der Waals surface area contributed by atoms with Crippen molar-refractivity contribution in [3.05, 3.63) is 29.6 Å². The van der Waals surface area contributed by atoms with Gasteiger partial charge >= 0.3 is 0 Å². The van der Waals surface area contributed by atoms with Gasteiger partial charge in [0.1, 0.15) is 12.2 Å². The first-order chi connectivity index (χ1) is 11.3. The molecule has 1 aromatic rings. The summed E-state index contributed by atoms with van der Waals surface area (Å²) >= 11 is 0. The summed E-state index contributed by atoms with van der Waals surface area (Å²) in [5, 5.41) is 0. The molecule has 8 nitrogen and oxygen atoms in total. The average molecular weight is 351 g/mol. The van der Waals surface area contributed by atoms with Crippen LogP contribution in [0.3, 0.4) is 0 Å². The molecule has 0 radical (unpaired) electrons. The molecule has 2 aliphatic heterocycles. The van der Waals surface area contributed by atoms with Crippen molar-refractivity contribution in [2.45, 2.75) is 19.4 Å². The van der Waals surface area contributed by atoms with Gasteiger partial charge in [-0.1, -0.05) is 0 Å². The van der Waals surface area contributed by atoms with Crippen molar-refractivity contribution in [1.29, 1.82) is 0 Å². The smallest absolute Gasteiger partial charge is 0.280 e. The zero-order chi connectivity index (χ0) is 17.5. The Morgan fingerprint density at radius 1 is 1.38 bits per heavy atom. The van der Waals surface area contributed by atoms with E-state index in [1.54, 1.807) is 13.0 Å². The summed E-state index contributed by atoms with van der Waals surface area (Å²) in [6, 6.07) is 2.64. The van der Waals surface area contributed by atoms with Gasteiger partial charge in [0.25, 0.3) is 11.8 Å². The van der Waals surface area contributed by atoms with Crippen molar-refractivity contribution in [3.8, 4) is 0 Å². The number of aromatic nitrogens is 1. The summed E-state index contributed by atoms with van der Waals surface area (Å²) in [6.45, 7) is 1.66. The molecule has 0 bridgehead atoms. The Balaban J connectivity index is 1.75. The number of hydrogen-bond donors (Lipinski definition) is 0. The molecule has 0 saturated carbocycles. The Morgan fingerprint density at radius 3 is 2.71 bits per heavy atom. The Bertz CT molecular complexity index is 785. The van der Waals surface area contributed by atoms with Crippen LogP contribution in [0.15, 0.2) is 18.3 Å². The van der Waals surface area contributed by atoms with E-state index in [-0.39, 0.29) is 22.8 Å². The number of carbonyl (C=O) groups excluding carboxylic acids is 3. The molecule has 0 aromatic carbocycles. The number of rotatable bonds is 4. The van der Waals surface area contributed by atoms with Gasteiger partial charge < -0.3 is 4.90 Å². The maximum absolute atomic E-state index is 12.5. The number of sulfone groups is 1. The average Bonchev–Trinajstić information content (AvgIpc) is 3.01. The second-order valence-corrected chi connectivity index (χ2v) is 8.06. The second kappa shape index (κ2) is 5.97. The van der Waals surface area contributed by atoms with Crippen LogP contribution in [0.1, 0.15) is 34.2 Å². The zero-order valence-electron chi connectivity index (χ0n) is 13.1. The number of fused-ring (bicyclic) bond motifs is 1. The Hall–Kier alpha value is -2.29. The van der Waals surface area contributed by atoms with Crippen molar-refractivity contribution in [1.82, 2.24) is 14.8 Å². The van der Waals surface area contributed by atoms with E-state index in [1.165, 1.54) is 17.2 Å². The lowest BCUT2D eigenvalue weighted by molar-refractivity contribution is -0.133. The van der Waals surface area contributed by atoms with E-state index in [0.717, 1.165) is 4.90 Å². The number of likely N-dealkylation sites (N-methyl/N-ethyl adjacent to an activating group) is 1. The molecule has 3 heterocycles. The minimum atomic E-state index is -3.13. The summed E-state index contributed by atoms with van der Waals surface area (Å²) in [5.41, 5.74) is 0.226. The number of carbonyl (C=O) groups is 3. The topological polar surface area (TPSA) is 105 Å². The molecule has 9 heteroatoms. The highest BCUT2D eigenvalue weighted by atomic mass is 32.2. The van der Waals surface area contributed by atoms with E-state index in [1.807, 2.05) is 0 Å². The van der Waals surface area contributed by atoms with Gasteiger partial charge in [-0.2, -0.15) is 0 Å². The van der Waals surface area contributed by atoms with E-state index in [9.17, 15) is 22.8 Å². The van der Waals surface area contributed by atoms with Gasteiger partial charge in [0.15, 0.2) is 9.84 Å². The van der Waals surface area contributed by atoms with Gasteiger partial charge in [0.05, 0.1) is 17.1 Å². The lowest BCUT2D eigenvalue weighted by Crippen LogP contribution is -2.47. The van der Waals surface area contributed by atoms with Crippen LogP contribution in [0.25, 0.3) is 0 Å². The van der Waals surface area contributed by atoms with Crippen molar-refractivity contribution in [2.75, 3.05) is 24.6 Å². The van der Waals surface area contributed by atoms with Crippen LogP contribution in [-0.4, -0.2) is 71.6 Å². The van der Waals surface area contributed by atoms with Crippen LogP contribution in [0.5, 0.6) is 0 Å². The fraction of sp³-hybridized carbons (Fsp3) is 0.467. The highest BCUT2D eigenvalue weighted by Gasteiger charge is 2.40. The number of hydrogen-bond acceptors (Lipinski definition) is 6. The molecule has 0 aliphatic carbocycles. The Labute approximate surface area is 139 Å². The van der Waals surface area contributed by atoms with Crippen LogP contribution in [0.4, 0.5) is 0 Å². The maximum Gasteiger partial charge on any atom is 0.280 e. The first-order valence-corrected chi connectivity index (χ1v) is 9.47. The van der Waals surface area contributed by atoms with Crippen molar-refractivity contribution in [3.63, 3.8) is 0 Å². The lowest BCUT2D eigenvalue weighted by Gasteiger charge is -2.28. The minimum Gasteiger partial charge on any atom is -0.337 e. The molecule has 1 unspecified atom stereocenters. The van der Waals surface area contributed by atoms with Crippen LogP contribution >= 0.6 is 0 Å². The molecule has 0 N–H and O–H groups in total. The van der Waals surface area contributed by atoms with Gasteiger partial charge in [0.2, 0.25) is 5.91 Å². The summed E-state index contributed by atoms with van der Waals surface area (Å²) in [6.07, 6.45) is 1.79. The predicted molar refractivity (Wildman–Crippen MR) is 84.0 cm³/mol. The standard InChI is InChI=1S/C15H17N3O5S/c1-2-17(10-5-7-24(22,23)9-10)12(19)8-18-14(20)11-4-3-6-16-13(11)15(18)21/h3-4,6,10H,2,5,7-9H2,1H3. The number of nitrogens with zero attached hydrogens (tertiary/aromatic N) is 3. The van der Waals surface area contributed by atoms with E-state index in [0.29, 0.717) is 13.0 Å². The summed E-state index contributed by atoms with van der Waals surface area (Å²) in [4.78, 5) is 43.3. The summed E-state index contributed by atoms with van der Waals surface area (Å²) in [7, 11) is -3.13. The highest BCUT2D eigenvalue weighted by Crippen LogP contribution is 2.22. The number of pyridine rings is 1. The largest absolute Gasteiger partial charge is 0.337 e. The monoisotopic (exact) mass is 351 g/mol. The molecule has 2 aliphatic rings. The number of amides is 3. The van der Waals surface area contributed by atoms with Gasteiger partial charge in [-0.25, -0.2) is 8.42 Å². The summed E-state index contributed by atoms with van der Waals surface area (Å²) in [5.74, 6) is -1.60. The molecule has 1 saturated heterocycles. The van der Waals surface area contributed by atoms with Crippen LogP contribution in [-0.2, 0) is 14.6 Å². The molecule has 128 valence electrons. The normalized spacial score (nSPS) is 21.9. The Morgan fingerprint density at radius 2 is 2.12 bits per heavy atom. The Kier molecular flexibility index (Phi) is 4.12. The first kappa shape index (κ1) is 16.6. The van der Waals surface area contributed by atoms with Crippen LogP contribution in [0.2, 0.25) is 0 Å². The fourth-order valence-electron chi connectivity index (χ4n) is 3.14. The highest BCUT2D eigenvalue weighted by molar-refractivity contribution is 7.91. The lowest BCUT2D eigenvalue weighted by atomic mass is 10.2. The predicted octanol–water partition coefficient (Wildman–Crippen LogP) is -0.287. The van der Waals surface area contributed by atoms with E-state index in [4.69, 9.17) is 0 Å². The molecule has 1 aromatic heterocycles. The zero-order valence-corrected chi connectivity index (χ0v) is 14.0.